The van der Waals surface area contributed by atoms with Gasteiger partial charge in [0.05, 0.1) is 26.2 Å². The predicted molar refractivity (Wildman–Crippen MR) is 95.0 cm³/mol. The highest BCUT2D eigenvalue weighted by Crippen LogP contribution is 2.32. The third-order valence-corrected chi connectivity index (χ3v) is 5.65. The zero-order valence-corrected chi connectivity index (χ0v) is 14.4. The van der Waals surface area contributed by atoms with Crippen LogP contribution in [0.1, 0.15) is 6.92 Å². The number of rotatable bonds is 4. The first-order chi connectivity index (χ1) is 11.0. The molecule has 0 saturated carbocycles. The topological polar surface area (TPSA) is 42.0 Å². The summed E-state index contributed by atoms with van der Waals surface area (Å²) >= 11 is 8.85. The number of nitrogens with one attached hydrogen (secondary N) is 1. The van der Waals surface area contributed by atoms with E-state index in [9.17, 15) is 9.18 Å². The van der Waals surface area contributed by atoms with Gasteiger partial charge in [-0.3, -0.25) is 4.79 Å². The van der Waals surface area contributed by atoms with Crippen molar-refractivity contribution in [3.05, 3.63) is 53.3 Å². The molecule has 0 unspecified atom stereocenters. The van der Waals surface area contributed by atoms with Crippen LogP contribution in [0.4, 0.5) is 10.1 Å². The monoisotopic (exact) mass is 366 g/mol. The lowest BCUT2D eigenvalue weighted by Gasteiger charge is -2.11. The van der Waals surface area contributed by atoms with Gasteiger partial charge < -0.3 is 5.32 Å². The van der Waals surface area contributed by atoms with Crippen molar-refractivity contribution in [2.75, 3.05) is 5.32 Å². The molecule has 0 spiro atoms. The van der Waals surface area contributed by atoms with Crippen molar-refractivity contribution in [1.82, 2.24) is 4.98 Å². The van der Waals surface area contributed by atoms with Crippen LogP contribution in [0, 0.1) is 5.82 Å². The highest BCUT2D eigenvalue weighted by molar-refractivity contribution is 8.02. The number of hydrogen-bond donors (Lipinski definition) is 1. The van der Waals surface area contributed by atoms with Gasteiger partial charge in [-0.05, 0) is 37.3 Å². The van der Waals surface area contributed by atoms with Gasteiger partial charge in [0.15, 0.2) is 4.34 Å². The van der Waals surface area contributed by atoms with Crippen molar-refractivity contribution in [2.24, 2.45) is 0 Å². The van der Waals surface area contributed by atoms with Crippen molar-refractivity contribution < 1.29 is 9.18 Å². The average molecular weight is 367 g/mol. The molecular formula is C16H12ClFN2OS2. The fourth-order valence-corrected chi connectivity index (χ4v) is 4.36. The minimum atomic E-state index is -0.440. The van der Waals surface area contributed by atoms with Gasteiger partial charge in [0, 0.05) is 0 Å². The third-order valence-electron chi connectivity index (χ3n) is 3.11. The van der Waals surface area contributed by atoms with Gasteiger partial charge in [0.1, 0.15) is 5.82 Å². The molecule has 3 aromatic rings. The lowest BCUT2D eigenvalue weighted by Crippen LogP contribution is -2.22. The number of thiazole rings is 1. The van der Waals surface area contributed by atoms with Gasteiger partial charge >= 0.3 is 0 Å². The highest BCUT2D eigenvalue weighted by atomic mass is 35.5. The summed E-state index contributed by atoms with van der Waals surface area (Å²) in [4.78, 5) is 16.8. The number of aromatic nitrogens is 1. The van der Waals surface area contributed by atoms with Crippen LogP contribution in [-0.2, 0) is 4.79 Å². The Morgan fingerprint density at radius 1 is 1.35 bits per heavy atom. The van der Waals surface area contributed by atoms with E-state index in [-0.39, 0.29) is 16.2 Å². The number of anilines is 1. The van der Waals surface area contributed by atoms with Gasteiger partial charge in [-0.2, -0.15) is 0 Å². The molecule has 118 valence electrons. The number of nitrogens with zero attached hydrogens (tertiary/aromatic N) is 1. The lowest BCUT2D eigenvalue weighted by molar-refractivity contribution is -0.115. The Hall–Kier alpha value is -1.63. The van der Waals surface area contributed by atoms with E-state index in [4.69, 9.17) is 11.6 Å². The lowest BCUT2D eigenvalue weighted by atomic mass is 10.3. The quantitative estimate of drug-likeness (QED) is 0.644. The van der Waals surface area contributed by atoms with E-state index in [1.165, 1.54) is 30.0 Å². The van der Waals surface area contributed by atoms with Gasteiger partial charge in [-0.15, -0.1) is 11.3 Å². The van der Waals surface area contributed by atoms with Crippen LogP contribution in [0.3, 0.4) is 0 Å². The van der Waals surface area contributed by atoms with Crippen molar-refractivity contribution >= 4 is 56.5 Å². The SMILES string of the molecule is C[C@H](Sc1nc2ccccc2s1)C(=O)Nc1ccc(F)cc1Cl. The smallest absolute Gasteiger partial charge is 0.237 e. The molecule has 0 saturated heterocycles. The predicted octanol–water partition coefficient (Wildman–Crippen LogP) is 5.21. The van der Waals surface area contributed by atoms with Crippen LogP contribution in [0.25, 0.3) is 10.2 Å². The molecule has 1 N–H and O–H groups in total. The molecule has 7 heteroatoms. The first-order valence-electron chi connectivity index (χ1n) is 6.81. The van der Waals surface area contributed by atoms with Gasteiger partial charge in [-0.1, -0.05) is 35.5 Å². The van der Waals surface area contributed by atoms with E-state index in [1.54, 1.807) is 18.3 Å². The standard InChI is InChI=1S/C16H12ClFN2OS2/c1-9(15(21)19-12-7-6-10(18)8-11(12)17)22-16-20-13-4-2-3-5-14(13)23-16/h2-9H,1H3,(H,19,21)/t9-/m0/s1. The molecule has 0 fully saturated rings. The molecular weight excluding hydrogens is 355 g/mol. The van der Waals surface area contributed by atoms with Crippen molar-refractivity contribution in [1.29, 1.82) is 0 Å². The van der Waals surface area contributed by atoms with Crippen molar-refractivity contribution in [3.8, 4) is 0 Å². The summed E-state index contributed by atoms with van der Waals surface area (Å²) in [6.45, 7) is 1.80. The number of hydrogen-bond acceptors (Lipinski definition) is 4. The second kappa shape index (κ2) is 6.86. The largest absolute Gasteiger partial charge is 0.324 e. The number of halogens is 2. The first kappa shape index (κ1) is 16.2. The number of amides is 1. The number of para-hydroxylation sites is 1. The Kier molecular flexibility index (Phi) is 4.84. The molecule has 1 aromatic heterocycles. The van der Waals surface area contributed by atoms with Crippen LogP contribution in [-0.4, -0.2) is 16.1 Å². The van der Waals surface area contributed by atoms with E-state index in [2.05, 4.69) is 10.3 Å². The van der Waals surface area contributed by atoms with Crippen LogP contribution in [0.15, 0.2) is 46.8 Å². The summed E-state index contributed by atoms with van der Waals surface area (Å²) in [6, 6.07) is 11.7. The van der Waals surface area contributed by atoms with E-state index in [0.717, 1.165) is 14.6 Å². The molecule has 0 bridgehead atoms. The number of carbonyl (C=O) groups excluding carboxylic acids is 1. The molecule has 2 aromatic carbocycles. The van der Waals surface area contributed by atoms with Gasteiger partial charge in [0.2, 0.25) is 5.91 Å². The maximum Gasteiger partial charge on any atom is 0.237 e. The summed E-state index contributed by atoms with van der Waals surface area (Å²) in [7, 11) is 0. The second-order valence-corrected chi connectivity index (χ2v) is 7.85. The molecule has 0 radical (unpaired) electrons. The van der Waals surface area contributed by atoms with Crippen LogP contribution in [0.5, 0.6) is 0 Å². The second-order valence-electron chi connectivity index (χ2n) is 4.82. The maximum atomic E-state index is 13.0. The first-order valence-corrected chi connectivity index (χ1v) is 8.88. The molecule has 1 amide bonds. The summed E-state index contributed by atoms with van der Waals surface area (Å²) in [6.07, 6.45) is 0. The molecule has 0 aliphatic rings. The number of benzene rings is 2. The molecule has 1 heterocycles. The van der Waals surface area contributed by atoms with Crippen LogP contribution >= 0.6 is 34.7 Å². The molecule has 1 atom stereocenters. The third kappa shape index (κ3) is 3.83. The van der Waals surface area contributed by atoms with Crippen molar-refractivity contribution in [2.45, 2.75) is 16.5 Å². The Morgan fingerprint density at radius 3 is 2.87 bits per heavy atom. The van der Waals surface area contributed by atoms with E-state index in [1.807, 2.05) is 24.3 Å². The Balaban J connectivity index is 1.69. The zero-order chi connectivity index (χ0) is 16.4. The fraction of sp³-hybridized carbons (Fsp3) is 0.125. The van der Waals surface area contributed by atoms with E-state index < -0.39 is 5.82 Å². The maximum absolute atomic E-state index is 13.0. The number of thioether (sulfide) groups is 1. The van der Waals surface area contributed by atoms with Crippen molar-refractivity contribution in [3.63, 3.8) is 0 Å². The normalized spacial score (nSPS) is 12.3. The molecule has 0 aliphatic heterocycles. The van der Waals surface area contributed by atoms with Gasteiger partial charge in [-0.25, -0.2) is 9.37 Å². The Bertz CT molecular complexity index is 835. The van der Waals surface area contributed by atoms with Crippen LogP contribution in [0.2, 0.25) is 5.02 Å². The minimum Gasteiger partial charge on any atom is -0.324 e. The number of fused-ring (bicyclic) bond motifs is 1. The van der Waals surface area contributed by atoms with Gasteiger partial charge in [0.25, 0.3) is 0 Å². The molecule has 0 aliphatic carbocycles. The number of carbonyl (C=O) groups is 1. The average Bonchev–Trinajstić information content (AvgIpc) is 2.92. The summed E-state index contributed by atoms with van der Waals surface area (Å²) in [5.41, 5.74) is 1.32. The summed E-state index contributed by atoms with van der Waals surface area (Å²) < 4.78 is 14.9. The molecule has 23 heavy (non-hydrogen) atoms. The zero-order valence-electron chi connectivity index (χ0n) is 12.0. The minimum absolute atomic E-state index is 0.176. The van der Waals surface area contributed by atoms with Crippen LogP contribution < -0.4 is 5.32 Å². The Morgan fingerprint density at radius 2 is 2.13 bits per heavy atom. The molecule has 3 rings (SSSR count). The van der Waals surface area contributed by atoms with E-state index >= 15 is 0 Å². The Labute approximate surface area is 145 Å². The van der Waals surface area contributed by atoms with E-state index in [0.29, 0.717) is 5.69 Å². The molecule has 3 nitrogen and oxygen atoms in total. The summed E-state index contributed by atoms with van der Waals surface area (Å²) in [5.74, 6) is -0.646. The highest BCUT2D eigenvalue weighted by Gasteiger charge is 2.18. The fourth-order valence-electron chi connectivity index (χ4n) is 1.93. The summed E-state index contributed by atoms with van der Waals surface area (Å²) in [5, 5.41) is 2.54.